The fourth-order valence-electron chi connectivity index (χ4n) is 2.24. The lowest BCUT2D eigenvalue weighted by Gasteiger charge is -2.07. The minimum atomic E-state index is -0.405. The molecule has 0 saturated carbocycles. The summed E-state index contributed by atoms with van der Waals surface area (Å²) in [6.45, 7) is 0.551. The summed E-state index contributed by atoms with van der Waals surface area (Å²) in [5, 5.41) is 1.79. The monoisotopic (exact) mass is 300 g/mol. The predicted molar refractivity (Wildman–Crippen MR) is 81.9 cm³/mol. The molecule has 1 aromatic carbocycles. The zero-order valence-corrected chi connectivity index (χ0v) is 11.8. The first-order chi connectivity index (χ1) is 10.2. The Labute approximate surface area is 126 Å². The van der Waals surface area contributed by atoms with Gasteiger partial charge in [0, 0.05) is 16.7 Å². The molecule has 2 heterocycles. The Hall–Kier alpha value is -2.37. The molecule has 3 rings (SSSR count). The second-order valence-electron chi connectivity index (χ2n) is 4.63. The summed E-state index contributed by atoms with van der Waals surface area (Å²) >= 11 is 6.04. The number of fused-ring (bicyclic) bond motifs is 1. The molecule has 0 aliphatic rings. The maximum atomic E-state index is 11.5. The average molecular weight is 301 g/mol. The number of carbonyl (C=O) groups excluding carboxylic acids is 1. The summed E-state index contributed by atoms with van der Waals surface area (Å²) in [7, 11) is 0. The van der Waals surface area contributed by atoms with Gasteiger partial charge in [0.1, 0.15) is 5.69 Å². The van der Waals surface area contributed by atoms with Crippen LogP contribution in [0.3, 0.4) is 0 Å². The highest BCUT2D eigenvalue weighted by Crippen LogP contribution is 2.21. The van der Waals surface area contributed by atoms with Crippen molar-refractivity contribution < 1.29 is 4.79 Å². The Balaban J connectivity index is 1.95. The van der Waals surface area contributed by atoms with E-state index in [1.807, 2.05) is 41.1 Å². The van der Waals surface area contributed by atoms with Gasteiger partial charge in [-0.1, -0.05) is 23.7 Å². The second kappa shape index (κ2) is 5.55. The highest BCUT2D eigenvalue weighted by molar-refractivity contribution is 6.31. The summed E-state index contributed by atoms with van der Waals surface area (Å²) in [6, 6.07) is 13.0. The number of benzene rings is 1. The topological polar surface area (TPSA) is 72.9 Å². The van der Waals surface area contributed by atoms with Gasteiger partial charge in [-0.2, -0.15) is 0 Å². The van der Waals surface area contributed by atoms with Crippen LogP contribution in [0, 0.1) is 0 Å². The van der Waals surface area contributed by atoms with Gasteiger partial charge in [-0.15, -0.1) is 0 Å². The molecule has 0 fully saturated rings. The van der Waals surface area contributed by atoms with Gasteiger partial charge in [0.2, 0.25) is 0 Å². The smallest absolute Gasteiger partial charge is 0.283 e. The number of hydrogen-bond acceptors (Lipinski definition) is 3. The molecule has 0 radical (unpaired) electrons. The third kappa shape index (κ3) is 2.74. The highest BCUT2D eigenvalue weighted by Gasteiger charge is 2.07. The van der Waals surface area contributed by atoms with Crippen LogP contribution in [0.25, 0.3) is 10.9 Å². The molecule has 0 atom stereocenters. The third-order valence-electron chi connectivity index (χ3n) is 3.24. The minimum absolute atomic E-state index is 0.296. The Morgan fingerprint density at radius 1 is 1.29 bits per heavy atom. The summed E-state index contributed by atoms with van der Waals surface area (Å²) in [4.78, 5) is 15.8. The molecule has 6 heteroatoms. The van der Waals surface area contributed by atoms with E-state index in [0.717, 1.165) is 16.6 Å². The van der Waals surface area contributed by atoms with Crippen LogP contribution in [-0.2, 0) is 6.54 Å². The van der Waals surface area contributed by atoms with E-state index in [-0.39, 0.29) is 0 Å². The summed E-state index contributed by atoms with van der Waals surface area (Å²) in [5.41, 5.74) is 4.17. The van der Waals surface area contributed by atoms with Crippen molar-refractivity contribution in [3.05, 3.63) is 65.1 Å². The number of pyridine rings is 1. The molecule has 106 valence electrons. The van der Waals surface area contributed by atoms with E-state index in [0.29, 0.717) is 17.3 Å². The average Bonchev–Trinajstić information content (AvgIpc) is 2.89. The fourth-order valence-corrected chi connectivity index (χ4v) is 2.40. The lowest BCUT2D eigenvalue weighted by molar-refractivity contribution is 0.0948. The van der Waals surface area contributed by atoms with Crippen molar-refractivity contribution in [3.63, 3.8) is 0 Å². The number of rotatable bonds is 3. The van der Waals surface area contributed by atoms with Gasteiger partial charge in [-0.25, -0.2) is 10.8 Å². The molecule has 0 bridgehead atoms. The number of hydrazine groups is 1. The Kier molecular flexibility index (Phi) is 3.60. The number of carbonyl (C=O) groups is 1. The second-order valence-corrected chi connectivity index (χ2v) is 5.07. The number of hydrogen-bond donors (Lipinski definition) is 2. The maximum absolute atomic E-state index is 11.5. The van der Waals surface area contributed by atoms with Crippen molar-refractivity contribution in [3.8, 4) is 0 Å². The largest absolute Gasteiger partial charge is 0.341 e. The molecule has 1 amide bonds. The van der Waals surface area contributed by atoms with Gasteiger partial charge in [0.15, 0.2) is 0 Å². The third-order valence-corrected chi connectivity index (χ3v) is 3.47. The molecule has 0 unspecified atom stereocenters. The van der Waals surface area contributed by atoms with Crippen molar-refractivity contribution in [1.29, 1.82) is 0 Å². The lowest BCUT2D eigenvalue weighted by Crippen LogP contribution is -2.30. The normalized spacial score (nSPS) is 10.8. The van der Waals surface area contributed by atoms with E-state index in [4.69, 9.17) is 17.4 Å². The molecular weight excluding hydrogens is 288 g/mol. The number of nitrogens with two attached hydrogens (primary N) is 1. The predicted octanol–water partition coefficient (Wildman–Crippen LogP) is 2.34. The van der Waals surface area contributed by atoms with Gasteiger partial charge >= 0.3 is 0 Å². The molecule has 0 saturated heterocycles. The van der Waals surface area contributed by atoms with E-state index in [2.05, 4.69) is 10.4 Å². The van der Waals surface area contributed by atoms with E-state index in [1.54, 1.807) is 12.1 Å². The summed E-state index contributed by atoms with van der Waals surface area (Å²) in [5.74, 6) is 4.72. The fraction of sp³-hybridized carbons (Fsp3) is 0.0667. The number of nitrogens with one attached hydrogen (secondary N) is 1. The number of nitrogen functional groups attached to an aromatic ring is 1. The summed E-state index contributed by atoms with van der Waals surface area (Å²) < 4.78 is 2.04. The van der Waals surface area contributed by atoms with Gasteiger partial charge in [0.25, 0.3) is 5.91 Å². The van der Waals surface area contributed by atoms with Crippen molar-refractivity contribution in [2.75, 3.05) is 0 Å². The SMILES string of the molecule is NNC(=O)c1cccc(Cn2ccc3ccc(Cl)cc32)n1. The molecule has 21 heavy (non-hydrogen) atoms. The Morgan fingerprint density at radius 2 is 2.14 bits per heavy atom. The molecule has 0 spiro atoms. The van der Waals surface area contributed by atoms with Crippen LogP contribution < -0.4 is 11.3 Å². The van der Waals surface area contributed by atoms with Crippen LogP contribution in [-0.4, -0.2) is 15.5 Å². The molecule has 2 aromatic heterocycles. The Bertz CT molecular complexity index is 812. The zero-order valence-electron chi connectivity index (χ0n) is 11.1. The van der Waals surface area contributed by atoms with Gasteiger partial charge in [0.05, 0.1) is 12.2 Å². The quantitative estimate of drug-likeness (QED) is 0.443. The van der Waals surface area contributed by atoms with Crippen LogP contribution in [0.1, 0.15) is 16.2 Å². The van der Waals surface area contributed by atoms with Crippen LogP contribution in [0.2, 0.25) is 5.02 Å². The molecule has 0 aliphatic heterocycles. The molecule has 3 N–H and O–H groups in total. The number of amides is 1. The Morgan fingerprint density at radius 3 is 2.95 bits per heavy atom. The minimum Gasteiger partial charge on any atom is -0.341 e. The molecule has 0 aliphatic carbocycles. The van der Waals surface area contributed by atoms with Crippen molar-refractivity contribution in [2.24, 2.45) is 5.84 Å². The van der Waals surface area contributed by atoms with Crippen molar-refractivity contribution >= 4 is 28.4 Å². The van der Waals surface area contributed by atoms with Crippen LogP contribution in [0.5, 0.6) is 0 Å². The number of aromatic nitrogens is 2. The number of nitrogens with zero attached hydrogens (tertiary/aromatic N) is 2. The van der Waals surface area contributed by atoms with Crippen molar-refractivity contribution in [1.82, 2.24) is 15.0 Å². The van der Waals surface area contributed by atoms with Crippen LogP contribution in [0.15, 0.2) is 48.7 Å². The zero-order chi connectivity index (χ0) is 14.8. The van der Waals surface area contributed by atoms with E-state index in [1.165, 1.54) is 0 Å². The molecular formula is C15H13ClN4O. The first kappa shape index (κ1) is 13.6. The number of halogens is 1. The summed E-state index contributed by atoms with van der Waals surface area (Å²) in [6.07, 6.45) is 1.97. The molecule has 3 aromatic rings. The van der Waals surface area contributed by atoms with Crippen LogP contribution >= 0.6 is 11.6 Å². The van der Waals surface area contributed by atoms with Gasteiger partial charge < -0.3 is 4.57 Å². The lowest BCUT2D eigenvalue weighted by atomic mass is 10.2. The van der Waals surface area contributed by atoms with Gasteiger partial charge in [-0.05, 0) is 35.7 Å². The van der Waals surface area contributed by atoms with E-state index in [9.17, 15) is 4.79 Å². The van der Waals surface area contributed by atoms with E-state index >= 15 is 0 Å². The van der Waals surface area contributed by atoms with Gasteiger partial charge in [-0.3, -0.25) is 10.2 Å². The van der Waals surface area contributed by atoms with Crippen molar-refractivity contribution in [2.45, 2.75) is 6.54 Å². The first-order valence-corrected chi connectivity index (χ1v) is 6.76. The standard InChI is InChI=1S/C15H13ClN4O/c16-11-5-4-10-6-7-20(14(10)8-11)9-12-2-1-3-13(18-12)15(21)19-17/h1-8H,9,17H2,(H,19,21). The maximum Gasteiger partial charge on any atom is 0.283 e. The molecule has 5 nitrogen and oxygen atoms in total. The highest BCUT2D eigenvalue weighted by atomic mass is 35.5. The van der Waals surface area contributed by atoms with E-state index < -0.39 is 5.91 Å². The van der Waals surface area contributed by atoms with Crippen LogP contribution in [0.4, 0.5) is 0 Å². The first-order valence-electron chi connectivity index (χ1n) is 6.38.